The number of rotatable bonds is 1. The van der Waals surface area contributed by atoms with Gasteiger partial charge in [-0.05, 0) is 36.8 Å². The van der Waals surface area contributed by atoms with Crippen LogP contribution in [0.4, 0.5) is 19.0 Å². The quantitative estimate of drug-likeness (QED) is 0.849. The smallest absolute Gasteiger partial charge is 0.382 e. The van der Waals surface area contributed by atoms with Crippen LogP contribution < -0.4 is 5.73 Å². The molecule has 0 amide bonds. The van der Waals surface area contributed by atoms with Crippen molar-refractivity contribution in [2.45, 2.75) is 13.1 Å². The van der Waals surface area contributed by atoms with E-state index in [0.717, 1.165) is 6.07 Å². The number of hydrogen-bond donors (Lipinski definition) is 1. The van der Waals surface area contributed by atoms with Crippen LogP contribution in [0.25, 0.3) is 11.3 Å². The third-order valence-corrected chi connectivity index (χ3v) is 2.51. The predicted molar refractivity (Wildman–Crippen MR) is 61.6 cm³/mol. The summed E-state index contributed by atoms with van der Waals surface area (Å²) in [6.07, 6.45) is -4.34. The lowest BCUT2D eigenvalue weighted by atomic mass is 10.0. The third-order valence-electron chi connectivity index (χ3n) is 2.51. The Morgan fingerprint density at radius 1 is 1.06 bits per heavy atom. The summed E-state index contributed by atoms with van der Waals surface area (Å²) in [4.78, 5) is 0. The second kappa shape index (κ2) is 4.29. The van der Waals surface area contributed by atoms with E-state index in [9.17, 15) is 13.2 Å². The van der Waals surface area contributed by atoms with Crippen LogP contribution in [-0.2, 0) is 6.18 Å². The average molecular weight is 253 g/mol. The first-order valence-corrected chi connectivity index (χ1v) is 5.15. The zero-order chi connectivity index (χ0) is 13.3. The Kier molecular flexibility index (Phi) is 2.94. The van der Waals surface area contributed by atoms with Gasteiger partial charge in [0.05, 0.1) is 11.3 Å². The molecule has 3 nitrogen and oxygen atoms in total. The number of nitrogen functional groups attached to an aromatic ring is 1. The van der Waals surface area contributed by atoms with Crippen LogP contribution in [0.5, 0.6) is 0 Å². The molecular formula is C12H10F3N3. The number of aryl methyl sites for hydroxylation is 1. The molecule has 94 valence electrons. The highest BCUT2D eigenvalue weighted by atomic mass is 19.4. The Morgan fingerprint density at radius 2 is 1.78 bits per heavy atom. The minimum Gasteiger partial charge on any atom is -0.382 e. The fourth-order valence-electron chi connectivity index (χ4n) is 1.64. The number of nitrogens with two attached hydrogens (primary N) is 1. The lowest BCUT2D eigenvalue weighted by molar-refractivity contribution is -0.138. The molecule has 0 unspecified atom stereocenters. The number of nitrogens with zero attached hydrogens (tertiary/aromatic N) is 2. The minimum absolute atomic E-state index is 0.152. The molecule has 0 atom stereocenters. The first-order chi connectivity index (χ1) is 8.38. The molecule has 2 N–H and O–H groups in total. The van der Waals surface area contributed by atoms with Crippen LogP contribution in [0.2, 0.25) is 0 Å². The molecule has 2 aromatic rings. The number of halogens is 3. The topological polar surface area (TPSA) is 51.8 Å². The van der Waals surface area contributed by atoms with Gasteiger partial charge in [0.25, 0.3) is 0 Å². The van der Waals surface area contributed by atoms with E-state index in [1.54, 1.807) is 12.1 Å². The van der Waals surface area contributed by atoms with E-state index in [1.165, 1.54) is 19.1 Å². The van der Waals surface area contributed by atoms with Gasteiger partial charge in [0.2, 0.25) is 0 Å². The molecule has 0 aliphatic heterocycles. The van der Waals surface area contributed by atoms with Gasteiger partial charge in [0.1, 0.15) is 5.82 Å². The molecule has 0 aliphatic carbocycles. The normalized spacial score (nSPS) is 11.6. The monoisotopic (exact) mass is 253 g/mol. The molecule has 0 fully saturated rings. The molecule has 18 heavy (non-hydrogen) atoms. The van der Waals surface area contributed by atoms with Crippen molar-refractivity contribution in [3.05, 3.63) is 41.5 Å². The summed E-state index contributed by atoms with van der Waals surface area (Å²) in [5, 5.41) is 7.49. The summed E-state index contributed by atoms with van der Waals surface area (Å²) in [5.74, 6) is 0.266. The van der Waals surface area contributed by atoms with E-state index in [4.69, 9.17) is 5.73 Å². The van der Waals surface area contributed by atoms with Crippen LogP contribution in [0.1, 0.15) is 11.1 Å². The van der Waals surface area contributed by atoms with Crippen LogP contribution in [0.3, 0.4) is 0 Å². The predicted octanol–water partition coefficient (Wildman–Crippen LogP) is 3.05. The Morgan fingerprint density at radius 3 is 2.28 bits per heavy atom. The van der Waals surface area contributed by atoms with Gasteiger partial charge < -0.3 is 5.73 Å². The molecule has 0 radical (unpaired) electrons. The van der Waals surface area contributed by atoms with Gasteiger partial charge in [-0.3, -0.25) is 0 Å². The molecule has 0 aliphatic rings. The summed E-state index contributed by atoms with van der Waals surface area (Å²) in [6, 6.07) is 7.02. The van der Waals surface area contributed by atoms with Crippen molar-refractivity contribution in [2.24, 2.45) is 0 Å². The molecule has 6 heteroatoms. The first-order valence-electron chi connectivity index (χ1n) is 5.15. The summed E-state index contributed by atoms with van der Waals surface area (Å²) in [5.41, 5.74) is 5.97. The summed E-state index contributed by atoms with van der Waals surface area (Å²) in [7, 11) is 0. The maximum atomic E-state index is 12.6. The summed E-state index contributed by atoms with van der Waals surface area (Å²) < 4.78 is 37.8. The van der Waals surface area contributed by atoms with E-state index in [1.807, 2.05) is 0 Å². The van der Waals surface area contributed by atoms with E-state index < -0.39 is 11.7 Å². The third kappa shape index (κ3) is 2.42. The molecular weight excluding hydrogens is 243 g/mol. The zero-order valence-electron chi connectivity index (χ0n) is 9.49. The van der Waals surface area contributed by atoms with Gasteiger partial charge in [-0.15, -0.1) is 10.2 Å². The van der Waals surface area contributed by atoms with Crippen LogP contribution in [0, 0.1) is 6.92 Å². The standard InChI is InChI=1S/C12H10F3N3/c1-7-6-8(2-3-9(7)12(13,14)15)10-4-5-11(16)18-17-10/h2-6H,1H3,(H2,16,18). The van der Waals surface area contributed by atoms with Gasteiger partial charge in [0, 0.05) is 5.56 Å². The summed E-state index contributed by atoms with van der Waals surface area (Å²) >= 11 is 0. The minimum atomic E-state index is -4.34. The van der Waals surface area contributed by atoms with E-state index in [2.05, 4.69) is 10.2 Å². The number of hydrogen-bond acceptors (Lipinski definition) is 3. The second-order valence-electron chi connectivity index (χ2n) is 3.87. The average Bonchev–Trinajstić information content (AvgIpc) is 2.28. The van der Waals surface area contributed by atoms with Crippen LogP contribution >= 0.6 is 0 Å². The molecule has 1 aromatic carbocycles. The summed E-state index contributed by atoms with van der Waals surface area (Å²) in [6.45, 7) is 1.41. The van der Waals surface area contributed by atoms with Gasteiger partial charge in [-0.2, -0.15) is 13.2 Å². The SMILES string of the molecule is Cc1cc(-c2ccc(N)nn2)ccc1C(F)(F)F. The zero-order valence-corrected chi connectivity index (χ0v) is 9.49. The number of benzene rings is 1. The molecule has 2 rings (SSSR count). The van der Waals surface area contributed by atoms with Gasteiger partial charge in [-0.1, -0.05) is 6.07 Å². The Balaban J connectivity index is 2.43. The number of anilines is 1. The maximum Gasteiger partial charge on any atom is 0.416 e. The Bertz CT molecular complexity index is 562. The number of aromatic nitrogens is 2. The molecule has 1 heterocycles. The highest BCUT2D eigenvalue weighted by Gasteiger charge is 2.32. The number of alkyl halides is 3. The molecule has 1 aromatic heterocycles. The lowest BCUT2D eigenvalue weighted by Crippen LogP contribution is -2.07. The molecule has 0 saturated carbocycles. The fraction of sp³-hybridized carbons (Fsp3) is 0.167. The fourth-order valence-corrected chi connectivity index (χ4v) is 1.64. The molecule has 0 bridgehead atoms. The lowest BCUT2D eigenvalue weighted by Gasteiger charge is -2.11. The van der Waals surface area contributed by atoms with Crippen LogP contribution in [-0.4, -0.2) is 10.2 Å². The van der Waals surface area contributed by atoms with E-state index in [0.29, 0.717) is 11.3 Å². The molecule has 0 spiro atoms. The van der Waals surface area contributed by atoms with Crippen molar-refractivity contribution in [3.8, 4) is 11.3 Å². The van der Waals surface area contributed by atoms with Gasteiger partial charge in [0.15, 0.2) is 0 Å². The maximum absolute atomic E-state index is 12.6. The van der Waals surface area contributed by atoms with E-state index >= 15 is 0 Å². The largest absolute Gasteiger partial charge is 0.416 e. The second-order valence-corrected chi connectivity index (χ2v) is 3.87. The van der Waals surface area contributed by atoms with Crippen molar-refractivity contribution in [2.75, 3.05) is 5.73 Å². The Hall–Kier alpha value is -2.11. The molecule has 0 saturated heterocycles. The van der Waals surface area contributed by atoms with Crippen LogP contribution in [0.15, 0.2) is 30.3 Å². The Labute approximate surface area is 101 Å². The van der Waals surface area contributed by atoms with Gasteiger partial charge in [-0.25, -0.2) is 0 Å². The van der Waals surface area contributed by atoms with E-state index in [-0.39, 0.29) is 11.4 Å². The van der Waals surface area contributed by atoms with Crippen molar-refractivity contribution in [1.29, 1.82) is 0 Å². The highest BCUT2D eigenvalue weighted by molar-refractivity contribution is 5.61. The van der Waals surface area contributed by atoms with Crippen molar-refractivity contribution >= 4 is 5.82 Å². The first kappa shape index (κ1) is 12.3. The van der Waals surface area contributed by atoms with Crippen molar-refractivity contribution in [1.82, 2.24) is 10.2 Å². The van der Waals surface area contributed by atoms with Crippen molar-refractivity contribution in [3.63, 3.8) is 0 Å². The highest BCUT2D eigenvalue weighted by Crippen LogP contribution is 2.33. The van der Waals surface area contributed by atoms with Gasteiger partial charge >= 0.3 is 6.18 Å². The van der Waals surface area contributed by atoms with Crippen molar-refractivity contribution < 1.29 is 13.2 Å².